The molecule has 46 heavy (non-hydrogen) atoms. The molecule has 222 valence electrons. The smallest absolute Gasteiger partial charge is 0.0698 e. The molecule has 0 radical (unpaired) electrons. The molecule has 0 aromatic heterocycles. The van der Waals surface area contributed by atoms with Crippen LogP contribution in [0.25, 0.3) is 22.3 Å². The standard InChI is InChI=1S/C45H37N/c1-28-12-6-7-15-33(28)40-26-31(23-22-29(40)2)46(30-13-4-3-5-14-30)32-24-25-35-37-18-11-20-39-38-19-10-17-36-34-16-8-9-21-41(34)45(43(36)38,44(37)39)42(35)27-32/h4,6-17,19-21,23-27,29,37H,3,5,18,22H2,1-2H3. The van der Waals surface area contributed by atoms with Gasteiger partial charge in [0.1, 0.15) is 0 Å². The fraction of sp³-hybridized carbons (Fsp3) is 0.200. The van der Waals surface area contributed by atoms with Crippen LogP contribution in [0.1, 0.15) is 77.5 Å². The first-order valence-corrected chi connectivity index (χ1v) is 17.1. The Hall–Kier alpha value is -4.88. The molecule has 1 heteroatoms. The number of nitrogens with zero attached hydrogens (tertiary/aromatic N) is 1. The summed E-state index contributed by atoms with van der Waals surface area (Å²) in [5.41, 5.74) is 21.1. The van der Waals surface area contributed by atoms with Gasteiger partial charge in [-0.1, -0.05) is 110 Å². The van der Waals surface area contributed by atoms with Gasteiger partial charge >= 0.3 is 0 Å². The van der Waals surface area contributed by atoms with E-state index in [1.54, 1.807) is 5.57 Å². The van der Waals surface area contributed by atoms with Crippen LogP contribution in [0.3, 0.4) is 0 Å². The molecule has 4 aromatic carbocycles. The molecule has 0 N–H and O–H groups in total. The van der Waals surface area contributed by atoms with Crippen LogP contribution in [0.15, 0.2) is 144 Å². The molecule has 4 aromatic rings. The highest BCUT2D eigenvalue weighted by atomic mass is 15.2. The van der Waals surface area contributed by atoms with Crippen molar-refractivity contribution in [2.45, 2.75) is 50.9 Å². The minimum Gasteiger partial charge on any atom is -0.311 e. The Labute approximate surface area is 272 Å². The first kappa shape index (κ1) is 26.3. The number of hydrogen-bond donors (Lipinski definition) is 0. The van der Waals surface area contributed by atoms with Crippen LogP contribution < -0.4 is 4.90 Å². The Morgan fingerprint density at radius 3 is 2.39 bits per heavy atom. The number of rotatable bonds is 4. The average Bonchev–Trinajstić information content (AvgIpc) is 3.69. The van der Waals surface area contributed by atoms with Crippen LogP contribution >= 0.6 is 0 Å². The minimum atomic E-state index is -0.210. The number of hydrogen-bond acceptors (Lipinski definition) is 1. The summed E-state index contributed by atoms with van der Waals surface area (Å²) in [5, 5.41) is 0. The van der Waals surface area contributed by atoms with Crippen molar-refractivity contribution >= 4 is 16.8 Å². The number of aryl methyl sites for hydroxylation is 1. The third kappa shape index (κ3) is 3.31. The van der Waals surface area contributed by atoms with Gasteiger partial charge in [-0.05, 0) is 130 Å². The maximum atomic E-state index is 2.58. The second kappa shape index (κ2) is 9.56. The molecule has 0 saturated heterocycles. The maximum absolute atomic E-state index is 2.58. The SMILES string of the molecule is Cc1ccccc1C1=CC(N(C2=CCCC=C2)c2ccc3c(c2)C24C5=C(C=CCC53)c3cccc(c32)-c2ccccc24)=CCC1C. The summed E-state index contributed by atoms with van der Waals surface area (Å²) >= 11 is 0. The van der Waals surface area contributed by atoms with Gasteiger partial charge < -0.3 is 4.90 Å². The maximum Gasteiger partial charge on any atom is 0.0698 e. The van der Waals surface area contributed by atoms with Crippen molar-refractivity contribution < 1.29 is 0 Å². The van der Waals surface area contributed by atoms with Crippen LogP contribution in [0, 0.1) is 12.8 Å². The monoisotopic (exact) mass is 591 g/mol. The number of fused-ring (bicyclic) bond motifs is 5. The van der Waals surface area contributed by atoms with E-state index in [1.807, 2.05) is 0 Å². The number of anilines is 1. The van der Waals surface area contributed by atoms with E-state index in [0.29, 0.717) is 11.8 Å². The molecule has 0 saturated carbocycles. The lowest BCUT2D eigenvalue weighted by molar-refractivity contribution is 0.729. The van der Waals surface area contributed by atoms with Gasteiger partial charge in [0.05, 0.1) is 5.41 Å². The first-order valence-electron chi connectivity index (χ1n) is 17.1. The fourth-order valence-corrected chi connectivity index (χ4v) is 9.69. The fourth-order valence-electron chi connectivity index (χ4n) is 9.69. The molecule has 0 heterocycles. The highest BCUT2D eigenvalue weighted by molar-refractivity contribution is 6.03. The second-order valence-electron chi connectivity index (χ2n) is 13.9. The Kier molecular flexibility index (Phi) is 5.48. The van der Waals surface area contributed by atoms with Crippen molar-refractivity contribution in [3.8, 4) is 11.1 Å². The predicted octanol–water partition coefficient (Wildman–Crippen LogP) is 11.2. The van der Waals surface area contributed by atoms with Crippen molar-refractivity contribution in [3.63, 3.8) is 0 Å². The molecule has 0 aliphatic heterocycles. The number of allylic oxidation sites excluding steroid dienone is 10. The summed E-state index contributed by atoms with van der Waals surface area (Å²) in [6.45, 7) is 4.62. The second-order valence-corrected chi connectivity index (χ2v) is 13.9. The number of benzene rings is 4. The van der Waals surface area contributed by atoms with Gasteiger partial charge in [-0.3, -0.25) is 0 Å². The van der Waals surface area contributed by atoms with Gasteiger partial charge in [-0.2, -0.15) is 0 Å². The molecule has 6 aliphatic rings. The van der Waals surface area contributed by atoms with Gasteiger partial charge in [-0.25, -0.2) is 0 Å². The molecule has 0 amide bonds. The van der Waals surface area contributed by atoms with Crippen LogP contribution in [-0.4, -0.2) is 0 Å². The molecule has 1 nitrogen and oxygen atoms in total. The zero-order chi connectivity index (χ0) is 30.6. The van der Waals surface area contributed by atoms with Crippen LogP contribution in [0.5, 0.6) is 0 Å². The van der Waals surface area contributed by atoms with Crippen molar-refractivity contribution in [1.82, 2.24) is 0 Å². The summed E-state index contributed by atoms with van der Waals surface area (Å²) in [6.07, 6.45) is 21.2. The van der Waals surface area contributed by atoms with Gasteiger partial charge in [0.25, 0.3) is 0 Å². The van der Waals surface area contributed by atoms with E-state index in [0.717, 1.165) is 25.7 Å². The molecular weight excluding hydrogens is 555 g/mol. The van der Waals surface area contributed by atoms with Crippen LogP contribution in [-0.2, 0) is 5.41 Å². The molecule has 1 spiro atoms. The lowest BCUT2D eigenvalue weighted by Crippen LogP contribution is -2.26. The van der Waals surface area contributed by atoms with Crippen LogP contribution in [0.4, 0.5) is 5.69 Å². The summed E-state index contributed by atoms with van der Waals surface area (Å²) < 4.78 is 0. The Morgan fingerprint density at radius 2 is 1.52 bits per heavy atom. The van der Waals surface area contributed by atoms with E-state index in [2.05, 4.69) is 146 Å². The van der Waals surface area contributed by atoms with Crippen molar-refractivity contribution in [3.05, 3.63) is 183 Å². The minimum absolute atomic E-state index is 0.210. The van der Waals surface area contributed by atoms with E-state index in [9.17, 15) is 0 Å². The highest BCUT2D eigenvalue weighted by Crippen LogP contribution is 2.71. The van der Waals surface area contributed by atoms with Gasteiger partial charge in [0.2, 0.25) is 0 Å². The summed E-state index contributed by atoms with van der Waals surface area (Å²) in [4.78, 5) is 2.55. The van der Waals surface area contributed by atoms with Crippen molar-refractivity contribution in [2.24, 2.45) is 5.92 Å². The molecule has 3 unspecified atom stereocenters. The molecule has 0 bridgehead atoms. The molecule has 0 fully saturated rings. The molecule has 10 rings (SSSR count). The third-order valence-corrected chi connectivity index (χ3v) is 11.6. The predicted molar refractivity (Wildman–Crippen MR) is 192 cm³/mol. The van der Waals surface area contributed by atoms with E-state index in [-0.39, 0.29) is 5.41 Å². The first-order chi connectivity index (χ1) is 22.7. The van der Waals surface area contributed by atoms with E-state index < -0.39 is 0 Å². The molecule has 3 atom stereocenters. The van der Waals surface area contributed by atoms with Crippen molar-refractivity contribution in [2.75, 3.05) is 4.90 Å². The Bertz CT molecular complexity index is 2200. The largest absolute Gasteiger partial charge is 0.311 e. The van der Waals surface area contributed by atoms with E-state index >= 15 is 0 Å². The Balaban J connectivity index is 1.21. The summed E-state index contributed by atoms with van der Waals surface area (Å²) in [5.74, 6) is 0.894. The third-order valence-electron chi connectivity index (χ3n) is 11.6. The molecule has 6 aliphatic carbocycles. The normalized spacial score (nSPS) is 24.2. The average molecular weight is 592 g/mol. The molecular formula is C45H37N. The van der Waals surface area contributed by atoms with Gasteiger partial charge in [0, 0.05) is 23.0 Å². The summed E-state index contributed by atoms with van der Waals surface area (Å²) in [7, 11) is 0. The summed E-state index contributed by atoms with van der Waals surface area (Å²) in [6, 6.07) is 32.6. The zero-order valence-corrected chi connectivity index (χ0v) is 26.6. The van der Waals surface area contributed by atoms with Gasteiger partial charge in [0.15, 0.2) is 0 Å². The topological polar surface area (TPSA) is 3.24 Å². The lowest BCUT2D eigenvalue weighted by atomic mass is 9.71. The zero-order valence-electron chi connectivity index (χ0n) is 26.6. The highest BCUT2D eigenvalue weighted by Gasteiger charge is 2.60. The van der Waals surface area contributed by atoms with Crippen molar-refractivity contribution in [1.29, 1.82) is 0 Å². The van der Waals surface area contributed by atoms with E-state index in [4.69, 9.17) is 0 Å². The van der Waals surface area contributed by atoms with E-state index in [1.165, 1.54) is 78.3 Å². The quantitative estimate of drug-likeness (QED) is 0.228. The van der Waals surface area contributed by atoms with Gasteiger partial charge in [-0.15, -0.1) is 0 Å². The van der Waals surface area contributed by atoms with Crippen LogP contribution in [0.2, 0.25) is 0 Å². The lowest BCUT2D eigenvalue weighted by Gasteiger charge is -2.34. The Morgan fingerprint density at radius 1 is 0.696 bits per heavy atom.